The first-order valence-electron chi connectivity index (χ1n) is 20.9. The Balaban J connectivity index is 0.000000160. The third-order valence-corrected chi connectivity index (χ3v) is 11.5. The van der Waals surface area contributed by atoms with Gasteiger partial charge in [-0.3, -0.25) is 0 Å². The molecule has 2 saturated heterocycles. The van der Waals surface area contributed by atoms with E-state index in [1.807, 2.05) is 67.0 Å². The number of rotatable bonds is 10. The number of nitrogens with zero attached hydrogens (tertiary/aromatic N) is 10. The first-order valence-corrected chi connectivity index (χ1v) is 20.9. The predicted molar refractivity (Wildman–Crippen MR) is 242 cm³/mol. The van der Waals surface area contributed by atoms with Crippen LogP contribution in [0, 0.1) is 0 Å². The number of pyridine rings is 4. The van der Waals surface area contributed by atoms with Gasteiger partial charge in [0.1, 0.15) is 35.9 Å². The number of fused-ring (bicyclic) bond motifs is 2. The van der Waals surface area contributed by atoms with Gasteiger partial charge in [0.2, 0.25) is 0 Å². The number of carboxylic acid groups (broad SMARTS) is 1. The average molecular weight is 843 g/mol. The number of carbonyl (C=O) groups excluding carboxylic acids is 1. The van der Waals surface area contributed by atoms with Crippen LogP contribution in [0.15, 0.2) is 122 Å². The second-order valence-corrected chi connectivity index (χ2v) is 15.7. The van der Waals surface area contributed by atoms with Gasteiger partial charge in [-0.25, -0.2) is 38.6 Å². The highest BCUT2D eigenvalue weighted by molar-refractivity contribution is 5.90. The maximum atomic E-state index is 11.7. The second kappa shape index (κ2) is 17.6. The van der Waals surface area contributed by atoms with Crippen LogP contribution in [0.3, 0.4) is 0 Å². The van der Waals surface area contributed by atoms with Crippen molar-refractivity contribution in [3.8, 4) is 22.3 Å². The zero-order chi connectivity index (χ0) is 43.5. The molecule has 8 heterocycles. The first kappa shape index (κ1) is 40.5. The standard InChI is InChI=1S/C24H24N6O2.C23H22N6O2/c1-16-5-4-12-29(16)22-7-3-6-21(28-22)27-20-13-19(14-30-23(20)25-15-26-30)17-8-10-18(11-9-17)24(31)32-2;1-15-4-3-11-28(15)21-6-2-5-20(27-21)26-19-12-18(13-29-22(19)24-14-25-29)16-7-9-17(10-8-16)23(30)31/h3,6-11,13-16H,4-5,12H2,1-2H3,(H,27,28);2,5-10,12-15H,3-4,11H2,1H3,(H,26,27)(H,30,31). The normalized spacial score (nSPS) is 15.9. The van der Waals surface area contributed by atoms with E-state index >= 15 is 0 Å². The summed E-state index contributed by atoms with van der Waals surface area (Å²) >= 11 is 0. The molecule has 16 nitrogen and oxygen atoms in total. The number of esters is 1. The zero-order valence-electron chi connectivity index (χ0n) is 35.1. The van der Waals surface area contributed by atoms with E-state index in [2.05, 4.69) is 60.5 Å². The molecular formula is C47H46N12O4. The molecule has 2 aromatic carbocycles. The van der Waals surface area contributed by atoms with Crippen molar-refractivity contribution >= 4 is 57.9 Å². The summed E-state index contributed by atoms with van der Waals surface area (Å²) in [4.78, 5) is 46.0. The number of carbonyl (C=O) groups is 2. The van der Waals surface area contributed by atoms with E-state index in [-0.39, 0.29) is 11.5 Å². The smallest absolute Gasteiger partial charge is 0.337 e. The molecule has 0 bridgehead atoms. The van der Waals surface area contributed by atoms with Gasteiger partial charge in [0.25, 0.3) is 0 Å². The number of aromatic carboxylic acids is 1. The first-order chi connectivity index (χ1) is 30.7. The van der Waals surface area contributed by atoms with Crippen LogP contribution in [0.1, 0.15) is 60.2 Å². The fraction of sp³-hybridized carbons (Fsp3) is 0.234. The fourth-order valence-corrected chi connectivity index (χ4v) is 8.20. The summed E-state index contributed by atoms with van der Waals surface area (Å²) in [6.07, 6.45) is 11.6. The summed E-state index contributed by atoms with van der Waals surface area (Å²) in [5.41, 5.74) is 7.40. The predicted octanol–water partition coefficient (Wildman–Crippen LogP) is 8.53. The number of carboxylic acids is 1. The summed E-state index contributed by atoms with van der Waals surface area (Å²) < 4.78 is 8.22. The number of anilines is 6. The van der Waals surface area contributed by atoms with Crippen LogP contribution in [0.5, 0.6) is 0 Å². The van der Waals surface area contributed by atoms with E-state index in [0.717, 1.165) is 70.0 Å². The number of ether oxygens (including phenoxy) is 1. The van der Waals surface area contributed by atoms with Crippen molar-refractivity contribution in [2.75, 3.05) is 40.6 Å². The van der Waals surface area contributed by atoms with E-state index in [0.29, 0.717) is 28.9 Å². The highest BCUT2D eigenvalue weighted by Crippen LogP contribution is 2.32. The van der Waals surface area contributed by atoms with Gasteiger partial charge in [0.15, 0.2) is 11.3 Å². The molecule has 2 aliphatic rings. The molecule has 0 spiro atoms. The lowest BCUT2D eigenvalue weighted by Gasteiger charge is -2.23. The van der Waals surface area contributed by atoms with E-state index in [1.165, 1.54) is 45.4 Å². The van der Waals surface area contributed by atoms with Gasteiger partial charge < -0.3 is 30.3 Å². The lowest BCUT2D eigenvalue weighted by atomic mass is 10.1. The van der Waals surface area contributed by atoms with E-state index in [1.54, 1.807) is 45.4 Å². The lowest BCUT2D eigenvalue weighted by Crippen LogP contribution is -2.27. The van der Waals surface area contributed by atoms with Crippen LogP contribution in [-0.2, 0) is 4.74 Å². The zero-order valence-corrected chi connectivity index (χ0v) is 35.1. The average Bonchev–Trinajstić information content (AvgIpc) is 4.15. The topological polar surface area (TPSA) is 180 Å². The Morgan fingerprint density at radius 3 is 1.51 bits per heavy atom. The van der Waals surface area contributed by atoms with Crippen molar-refractivity contribution in [1.29, 1.82) is 0 Å². The van der Waals surface area contributed by atoms with Crippen LogP contribution in [0.25, 0.3) is 33.5 Å². The van der Waals surface area contributed by atoms with E-state index < -0.39 is 5.97 Å². The maximum Gasteiger partial charge on any atom is 0.337 e. The van der Waals surface area contributed by atoms with Crippen LogP contribution in [-0.4, -0.2) is 88.5 Å². The van der Waals surface area contributed by atoms with Gasteiger partial charge in [-0.05, 0) is 111 Å². The number of aromatic nitrogens is 8. The largest absolute Gasteiger partial charge is 0.478 e. The molecule has 10 rings (SSSR count). The number of hydrogen-bond acceptors (Lipinski definition) is 13. The lowest BCUT2D eigenvalue weighted by molar-refractivity contribution is 0.0599. The Bertz CT molecular complexity index is 2910. The molecule has 0 saturated carbocycles. The Morgan fingerprint density at radius 2 is 1.10 bits per heavy atom. The van der Waals surface area contributed by atoms with Crippen molar-refractivity contribution in [3.63, 3.8) is 0 Å². The molecular weight excluding hydrogens is 797 g/mol. The SMILES string of the molecule is CC1CCCN1c1cccc(Nc2cc(-c3ccc(C(=O)O)cc3)cn3ncnc23)n1.COC(=O)c1ccc(-c2cc(Nc3cccc(N4CCCC4C)n3)c3ncnn3c2)cc1. The molecule has 2 unspecified atom stereocenters. The van der Waals surface area contributed by atoms with Gasteiger partial charge in [0.05, 0.1) is 29.6 Å². The van der Waals surface area contributed by atoms with Crippen molar-refractivity contribution in [2.45, 2.75) is 51.6 Å². The van der Waals surface area contributed by atoms with E-state index in [4.69, 9.17) is 19.8 Å². The van der Waals surface area contributed by atoms with Gasteiger partial charge in [-0.1, -0.05) is 36.4 Å². The molecule has 63 heavy (non-hydrogen) atoms. The molecule has 2 atom stereocenters. The third-order valence-electron chi connectivity index (χ3n) is 11.5. The van der Waals surface area contributed by atoms with E-state index in [9.17, 15) is 9.59 Å². The number of hydrogen-bond donors (Lipinski definition) is 3. The van der Waals surface area contributed by atoms with Gasteiger partial charge >= 0.3 is 11.9 Å². The molecule has 2 fully saturated rings. The minimum absolute atomic E-state index is 0.251. The highest BCUT2D eigenvalue weighted by Gasteiger charge is 2.23. The Morgan fingerprint density at radius 1 is 0.635 bits per heavy atom. The maximum absolute atomic E-state index is 11.7. The minimum atomic E-state index is -0.945. The second-order valence-electron chi connectivity index (χ2n) is 15.7. The fourth-order valence-electron chi connectivity index (χ4n) is 8.20. The number of benzene rings is 2. The quantitative estimate of drug-likeness (QED) is 0.112. The summed E-state index contributed by atoms with van der Waals surface area (Å²) in [5, 5.41) is 24.6. The summed E-state index contributed by atoms with van der Waals surface area (Å²) in [5.74, 6) is 2.13. The molecule has 2 aliphatic heterocycles. The van der Waals surface area contributed by atoms with Crippen LogP contribution < -0.4 is 20.4 Å². The molecule has 6 aromatic heterocycles. The van der Waals surface area contributed by atoms with Crippen molar-refractivity contribution in [2.24, 2.45) is 0 Å². The van der Waals surface area contributed by atoms with Crippen molar-refractivity contribution in [1.82, 2.24) is 39.2 Å². The molecule has 0 amide bonds. The Hall–Kier alpha value is -7.88. The molecule has 3 N–H and O–H groups in total. The monoisotopic (exact) mass is 842 g/mol. The number of methoxy groups -OCH3 is 1. The Kier molecular flexibility index (Phi) is 11.3. The van der Waals surface area contributed by atoms with Crippen LogP contribution in [0.2, 0.25) is 0 Å². The molecule has 0 aliphatic carbocycles. The van der Waals surface area contributed by atoms with Gasteiger partial charge in [-0.15, -0.1) is 0 Å². The number of nitrogens with one attached hydrogen (secondary N) is 2. The van der Waals surface area contributed by atoms with Gasteiger partial charge in [-0.2, -0.15) is 10.2 Å². The van der Waals surface area contributed by atoms with Gasteiger partial charge in [0, 0.05) is 48.7 Å². The van der Waals surface area contributed by atoms with Crippen molar-refractivity contribution < 1.29 is 19.4 Å². The summed E-state index contributed by atoms with van der Waals surface area (Å²) in [6.45, 7) is 6.52. The molecule has 8 aromatic rings. The minimum Gasteiger partial charge on any atom is -0.478 e. The Labute approximate surface area is 363 Å². The van der Waals surface area contributed by atoms with Crippen LogP contribution >= 0.6 is 0 Å². The highest BCUT2D eigenvalue weighted by atomic mass is 16.5. The third kappa shape index (κ3) is 8.68. The summed E-state index contributed by atoms with van der Waals surface area (Å²) in [6, 6.07) is 31.1. The molecule has 16 heteroatoms. The van der Waals surface area contributed by atoms with Crippen molar-refractivity contribution in [3.05, 3.63) is 133 Å². The molecule has 318 valence electrons. The summed E-state index contributed by atoms with van der Waals surface area (Å²) in [7, 11) is 1.38. The molecule has 0 radical (unpaired) electrons. The van der Waals surface area contributed by atoms with Crippen LogP contribution in [0.4, 0.5) is 34.6 Å².